The first-order chi connectivity index (χ1) is 13.7. The maximum atomic E-state index is 13.0. The molecule has 0 saturated carbocycles. The Morgan fingerprint density at radius 1 is 1.31 bits per heavy atom. The van der Waals surface area contributed by atoms with Crippen molar-refractivity contribution in [3.63, 3.8) is 0 Å². The first kappa shape index (κ1) is 21.7. The predicted octanol–water partition coefficient (Wildman–Crippen LogP) is 1.94. The Balaban J connectivity index is 1.64. The highest BCUT2D eigenvalue weighted by Crippen LogP contribution is 2.29. The fourth-order valence-electron chi connectivity index (χ4n) is 3.96. The summed E-state index contributed by atoms with van der Waals surface area (Å²) in [6, 6.07) is 3.85. The van der Waals surface area contributed by atoms with Crippen molar-refractivity contribution in [2.24, 2.45) is 5.92 Å². The van der Waals surface area contributed by atoms with Crippen LogP contribution in [-0.2, 0) is 19.6 Å². The second-order valence-electron chi connectivity index (χ2n) is 7.74. The van der Waals surface area contributed by atoms with Gasteiger partial charge in [0.15, 0.2) is 0 Å². The lowest BCUT2D eigenvalue weighted by molar-refractivity contribution is -0.385. The molecule has 2 fully saturated rings. The number of amides is 1. The second kappa shape index (κ2) is 8.76. The Kier molecular flexibility index (Phi) is 6.55. The summed E-state index contributed by atoms with van der Waals surface area (Å²) in [5.41, 5.74) is 0.208. The van der Waals surface area contributed by atoms with E-state index in [2.05, 4.69) is 0 Å². The lowest BCUT2D eigenvalue weighted by Crippen LogP contribution is -2.44. The van der Waals surface area contributed by atoms with Crippen LogP contribution in [-0.4, -0.2) is 67.8 Å². The molecule has 0 spiro atoms. The number of benzene rings is 1. The van der Waals surface area contributed by atoms with Gasteiger partial charge in [-0.25, -0.2) is 8.42 Å². The Hall–Kier alpha value is -2.04. The zero-order valence-corrected chi connectivity index (χ0v) is 17.6. The number of nitro benzene ring substituents is 1. The summed E-state index contributed by atoms with van der Waals surface area (Å²) in [7, 11) is -2.09. The van der Waals surface area contributed by atoms with E-state index in [1.54, 1.807) is 18.9 Å². The number of carbonyl (C=O) groups excluding carboxylic acids is 1. The number of likely N-dealkylation sites (N-methyl/N-ethyl adjacent to an activating group) is 1. The Labute approximate surface area is 170 Å². The maximum Gasteiger partial charge on any atom is 0.270 e. The number of nitrogens with zero attached hydrogens (tertiary/aromatic N) is 3. The van der Waals surface area contributed by atoms with Gasteiger partial charge in [0.05, 0.1) is 15.9 Å². The molecular formula is C19H27N3O6S. The third kappa shape index (κ3) is 4.76. The van der Waals surface area contributed by atoms with Crippen LogP contribution in [0.25, 0.3) is 0 Å². The van der Waals surface area contributed by atoms with Crippen LogP contribution in [0.4, 0.5) is 5.69 Å². The molecule has 2 heterocycles. The Morgan fingerprint density at radius 2 is 2.00 bits per heavy atom. The van der Waals surface area contributed by atoms with E-state index in [0.717, 1.165) is 25.5 Å². The number of sulfonamides is 1. The van der Waals surface area contributed by atoms with Crippen LogP contribution in [0.15, 0.2) is 23.1 Å². The molecule has 0 N–H and O–H groups in total. The quantitative estimate of drug-likeness (QED) is 0.509. The summed E-state index contributed by atoms with van der Waals surface area (Å²) in [5, 5.41) is 11.0. The number of hydrogen-bond acceptors (Lipinski definition) is 6. The largest absolute Gasteiger partial charge is 0.376 e. The zero-order chi connectivity index (χ0) is 21.2. The van der Waals surface area contributed by atoms with Gasteiger partial charge in [0.2, 0.25) is 15.9 Å². The summed E-state index contributed by atoms with van der Waals surface area (Å²) in [6.07, 6.45) is 2.92. The van der Waals surface area contributed by atoms with E-state index in [9.17, 15) is 23.3 Å². The molecule has 1 aromatic carbocycles. The van der Waals surface area contributed by atoms with E-state index in [0.29, 0.717) is 24.9 Å². The minimum atomic E-state index is -3.85. The molecule has 3 rings (SSSR count). The van der Waals surface area contributed by atoms with Crippen LogP contribution >= 0.6 is 0 Å². The van der Waals surface area contributed by atoms with Crippen molar-refractivity contribution in [3.05, 3.63) is 33.9 Å². The number of non-ortho nitro benzene ring substituents is 1. The van der Waals surface area contributed by atoms with Crippen molar-refractivity contribution >= 4 is 21.6 Å². The molecule has 0 aromatic heterocycles. The van der Waals surface area contributed by atoms with Crippen molar-refractivity contribution in [2.75, 3.05) is 33.3 Å². The van der Waals surface area contributed by atoms with Gasteiger partial charge in [-0.05, 0) is 38.2 Å². The van der Waals surface area contributed by atoms with E-state index >= 15 is 0 Å². The van der Waals surface area contributed by atoms with Crippen LogP contribution < -0.4 is 0 Å². The zero-order valence-electron chi connectivity index (χ0n) is 16.7. The summed E-state index contributed by atoms with van der Waals surface area (Å²) >= 11 is 0. The molecule has 9 nitrogen and oxygen atoms in total. The molecule has 160 valence electrons. The minimum Gasteiger partial charge on any atom is -0.376 e. The summed E-state index contributed by atoms with van der Waals surface area (Å²) in [4.78, 5) is 24.8. The molecule has 29 heavy (non-hydrogen) atoms. The Bertz CT molecular complexity index is 874. The van der Waals surface area contributed by atoms with Crippen molar-refractivity contribution in [2.45, 2.75) is 43.6 Å². The van der Waals surface area contributed by atoms with E-state index in [4.69, 9.17) is 4.74 Å². The number of carbonyl (C=O) groups is 1. The lowest BCUT2D eigenvalue weighted by atomic mass is 9.96. The van der Waals surface area contributed by atoms with E-state index in [1.807, 2.05) is 0 Å². The van der Waals surface area contributed by atoms with Gasteiger partial charge in [0, 0.05) is 51.3 Å². The second-order valence-corrected chi connectivity index (χ2v) is 9.65. The number of aryl methyl sites for hydroxylation is 1. The topological polar surface area (TPSA) is 110 Å². The maximum absolute atomic E-state index is 13.0. The average molecular weight is 426 g/mol. The van der Waals surface area contributed by atoms with Gasteiger partial charge in [-0.3, -0.25) is 14.9 Å². The molecule has 1 atom stereocenters. The normalized spacial score (nSPS) is 21.2. The van der Waals surface area contributed by atoms with Gasteiger partial charge < -0.3 is 9.64 Å². The third-order valence-corrected chi connectivity index (χ3v) is 7.72. The number of hydrogen-bond donors (Lipinski definition) is 0. The van der Waals surface area contributed by atoms with Gasteiger partial charge in [0.1, 0.15) is 0 Å². The highest BCUT2D eigenvalue weighted by atomic mass is 32.2. The summed E-state index contributed by atoms with van der Waals surface area (Å²) in [5.74, 6) is -0.205. The smallest absolute Gasteiger partial charge is 0.270 e. The van der Waals surface area contributed by atoms with Crippen LogP contribution in [0.3, 0.4) is 0 Å². The monoisotopic (exact) mass is 425 g/mol. The first-order valence-corrected chi connectivity index (χ1v) is 11.3. The third-order valence-electron chi connectivity index (χ3n) is 5.68. The molecule has 1 unspecified atom stereocenters. The SMILES string of the molecule is Cc1ccc([N+](=O)[O-])cc1S(=O)(=O)N1CCC(C(=O)N(C)CC2CCCO2)CC1. The van der Waals surface area contributed by atoms with Gasteiger partial charge in [-0.1, -0.05) is 6.07 Å². The summed E-state index contributed by atoms with van der Waals surface area (Å²) in [6.45, 7) is 3.35. The lowest BCUT2D eigenvalue weighted by Gasteiger charge is -2.33. The van der Waals surface area contributed by atoms with E-state index < -0.39 is 14.9 Å². The molecule has 1 aromatic rings. The molecule has 10 heteroatoms. The van der Waals surface area contributed by atoms with Gasteiger partial charge in [-0.15, -0.1) is 0 Å². The molecule has 0 radical (unpaired) electrons. The number of piperidine rings is 1. The Morgan fingerprint density at radius 3 is 2.59 bits per heavy atom. The van der Waals surface area contributed by atoms with Crippen molar-refractivity contribution < 1.29 is 22.9 Å². The number of nitro groups is 1. The van der Waals surface area contributed by atoms with Gasteiger partial charge in [0.25, 0.3) is 5.69 Å². The fraction of sp³-hybridized carbons (Fsp3) is 0.632. The van der Waals surface area contributed by atoms with Crippen molar-refractivity contribution in [1.82, 2.24) is 9.21 Å². The molecule has 0 bridgehead atoms. The molecular weight excluding hydrogens is 398 g/mol. The minimum absolute atomic E-state index is 0.0177. The average Bonchev–Trinajstić information content (AvgIpc) is 3.20. The molecule has 0 aliphatic carbocycles. The highest BCUT2D eigenvalue weighted by molar-refractivity contribution is 7.89. The van der Waals surface area contributed by atoms with Crippen LogP contribution in [0, 0.1) is 23.0 Å². The molecule has 2 aliphatic rings. The molecule has 2 saturated heterocycles. The van der Waals surface area contributed by atoms with Crippen molar-refractivity contribution in [3.8, 4) is 0 Å². The standard InChI is InChI=1S/C19H27N3O6S/c1-14-5-6-16(22(24)25)12-18(14)29(26,27)21-9-7-15(8-10-21)19(23)20(2)13-17-4-3-11-28-17/h5-6,12,15,17H,3-4,7-11,13H2,1-2H3. The first-order valence-electron chi connectivity index (χ1n) is 9.82. The molecule has 1 amide bonds. The van der Waals surface area contributed by atoms with Gasteiger partial charge >= 0.3 is 0 Å². The highest BCUT2D eigenvalue weighted by Gasteiger charge is 2.35. The van der Waals surface area contributed by atoms with Crippen molar-refractivity contribution in [1.29, 1.82) is 0 Å². The van der Waals surface area contributed by atoms with E-state index in [1.165, 1.54) is 16.4 Å². The summed E-state index contributed by atoms with van der Waals surface area (Å²) < 4.78 is 32.9. The van der Waals surface area contributed by atoms with Gasteiger partial charge in [-0.2, -0.15) is 4.31 Å². The number of ether oxygens (including phenoxy) is 1. The fourth-order valence-corrected chi connectivity index (χ4v) is 5.67. The van der Waals surface area contributed by atoms with Crippen LogP contribution in [0.2, 0.25) is 0 Å². The number of rotatable bonds is 6. The van der Waals surface area contributed by atoms with Crippen LogP contribution in [0.1, 0.15) is 31.2 Å². The van der Waals surface area contributed by atoms with E-state index in [-0.39, 0.29) is 41.6 Å². The predicted molar refractivity (Wildman–Crippen MR) is 106 cm³/mol. The molecule has 2 aliphatic heterocycles. The van der Waals surface area contributed by atoms with Crippen LogP contribution in [0.5, 0.6) is 0 Å².